The molecule has 2 aliphatic rings. The summed E-state index contributed by atoms with van der Waals surface area (Å²) in [5.74, 6) is 1.23. The Morgan fingerprint density at radius 2 is 2.00 bits per heavy atom. The maximum atomic E-state index is 5.93. The summed E-state index contributed by atoms with van der Waals surface area (Å²) in [6.45, 7) is 0.552. The SMILES string of the molecule is NC(=NCc1nnc(C2CC2)s1)NC1CCCCC1. The van der Waals surface area contributed by atoms with Crippen molar-refractivity contribution in [3.63, 3.8) is 0 Å². The van der Waals surface area contributed by atoms with Crippen molar-refractivity contribution in [2.45, 2.75) is 63.5 Å². The predicted octanol–water partition coefficient (Wildman–Crippen LogP) is 2.15. The topological polar surface area (TPSA) is 76.2 Å². The van der Waals surface area contributed by atoms with Crippen molar-refractivity contribution in [1.29, 1.82) is 0 Å². The molecule has 3 N–H and O–H groups in total. The first-order valence-electron chi connectivity index (χ1n) is 7.20. The zero-order valence-electron chi connectivity index (χ0n) is 11.1. The Morgan fingerprint density at radius 1 is 1.21 bits per heavy atom. The van der Waals surface area contributed by atoms with E-state index in [2.05, 4.69) is 20.5 Å². The molecule has 0 spiro atoms. The molecule has 0 unspecified atom stereocenters. The molecule has 2 fully saturated rings. The Labute approximate surface area is 117 Å². The van der Waals surface area contributed by atoms with Gasteiger partial charge in [-0.3, -0.25) is 0 Å². The number of aromatic nitrogens is 2. The standard InChI is InChI=1S/C13H21N5S/c14-13(16-10-4-2-1-3-5-10)15-8-11-17-18-12(19-11)9-6-7-9/h9-10H,1-8H2,(H3,14,15,16). The van der Waals surface area contributed by atoms with Crippen LogP contribution in [0.4, 0.5) is 0 Å². The van der Waals surface area contributed by atoms with Gasteiger partial charge in [0.2, 0.25) is 0 Å². The molecule has 104 valence electrons. The van der Waals surface area contributed by atoms with E-state index >= 15 is 0 Å². The first kappa shape index (κ1) is 12.8. The van der Waals surface area contributed by atoms with E-state index in [1.165, 1.54) is 50.0 Å². The summed E-state index contributed by atoms with van der Waals surface area (Å²) < 4.78 is 0. The van der Waals surface area contributed by atoms with Crippen molar-refractivity contribution in [3.05, 3.63) is 10.0 Å². The van der Waals surface area contributed by atoms with Crippen LogP contribution in [0.5, 0.6) is 0 Å². The highest BCUT2D eigenvalue weighted by atomic mass is 32.1. The third kappa shape index (κ3) is 3.65. The fourth-order valence-electron chi connectivity index (χ4n) is 2.48. The van der Waals surface area contributed by atoms with E-state index in [-0.39, 0.29) is 0 Å². The zero-order chi connectivity index (χ0) is 13.1. The second kappa shape index (κ2) is 5.86. The number of nitrogens with one attached hydrogen (secondary N) is 1. The van der Waals surface area contributed by atoms with E-state index in [0.717, 1.165) is 5.01 Å². The number of aliphatic imine (C=N–C) groups is 1. The molecular formula is C13H21N5S. The van der Waals surface area contributed by atoms with Crippen LogP contribution < -0.4 is 11.1 Å². The molecule has 1 aromatic heterocycles. The molecule has 1 aromatic rings. The zero-order valence-corrected chi connectivity index (χ0v) is 12.0. The molecule has 6 heteroatoms. The van der Waals surface area contributed by atoms with Gasteiger partial charge in [-0.25, -0.2) is 4.99 Å². The van der Waals surface area contributed by atoms with Gasteiger partial charge in [0, 0.05) is 12.0 Å². The number of guanidine groups is 1. The monoisotopic (exact) mass is 279 g/mol. The lowest BCUT2D eigenvalue weighted by Crippen LogP contribution is -2.41. The third-order valence-electron chi connectivity index (χ3n) is 3.75. The Kier molecular flexibility index (Phi) is 3.96. The van der Waals surface area contributed by atoms with Crippen molar-refractivity contribution in [1.82, 2.24) is 15.5 Å². The van der Waals surface area contributed by atoms with Crippen LogP contribution in [0, 0.1) is 0 Å². The average Bonchev–Trinajstić information content (AvgIpc) is 3.17. The summed E-state index contributed by atoms with van der Waals surface area (Å²) in [6, 6.07) is 0.508. The van der Waals surface area contributed by atoms with Gasteiger partial charge in [-0.1, -0.05) is 30.6 Å². The molecule has 0 bridgehead atoms. The minimum Gasteiger partial charge on any atom is -0.370 e. The van der Waals surface area contributed by atoms with E-state index in [1.807, 2.05) is 0 Å². The fraction of sp³-hybridized carbons (Fsp3) is 0.769. The summed E-state index contributed by atoms with van der Waals surface area (Å²) >= 11 is 1.68. The van der Waals surface area contributed by atoms with Crippen molar-refractivity contribution in [3.8, 4) is 0 Å². The largest absolute Gasteiger partial charge is 0.370 e. The maximum absolute atomic E-state index is 5.93. The lowest BCUT2D eigenvalue weighted by Gasteiger charge is -2.23. The third-order valence-corrected chi connectivity index (χ3v) is 4.82. The number of nitrogens with two attached hydrogens (primary N) is 1. The highest BCUT2D eigenvalue weighted by molar-refractivity contribution is 7.11. The molecule has 2 aliphatic carbocycles. The van der Waals surface area contributed by atoms with Gasteiger partial charge in [-0.2, -0.15) is 0 Å². The minimum absolute atomic E-state index is 0.508. The van der Waals surface area contributed by atoms with E-state index in [4.69, 9.17) is 5.73 Å². The molecule has 5 nitrogen and oxygen atoms in total. The van der Waals surface area contributed by atoms with E-state index in [1.54, 1.807) is 11.3 Å². The average molecular weight is 279 g/mol. The Balaban J connectivity index is 1.49. The maximum Gasteiger partial charge on any atom is 0.189 e. The van der Waals surface area contributed by atoms with E-state index < -0.39 is 0 Å². The second-order valence-corrected chi connectivity index (χ2v) is 6.58. The van der Waals surface area contributed by atoms with Gasteiger partial charge in [-0.05, 0) is 25.7 Å². The van der Waals surface area contributed by atoms with Crippen molar-refractivity contribution in [2.24, 2.45) is 10.7 Å². The van der Waals surface area contributed by atoms with E-state index in [0.29, 0.717) is 24.5 Å². The van der Waals surface area contributed by atoms with Gasteiger partial charge < -0.3 is 11.1 Å². The van der Waals surface area contributed by atoms with Gasteiger partial charge in [0.25, 0.3) is 0 Å². The van der Waals surface area contributed by atoms with Gasteiger partial charge in [0.15, 0.2) is 5.96 Å². The number of hydrogen-bond acceptors (Lipinski definition) is 4. The first-order valence-corrected chi connectivity index (χ1v) is 8.01. The fourth-order valence-corrected chi connectivity index (χ4v) is 3.42. The van der Waals surface area contributed by atoms with Gasteiger partial charge in [-0.15, -0.1) is 10.2 Å². The summed E-state index contributed by atoms with van der Waals surface area (Å²) in [6.07, 6.45) is 8.90. The molecule has 2 saturated carbocycles. The molecule has 19 heavy (non-hydrogen) atoms. The molecular weight excluding hydrogens is 258 g/mol. The van der Waals surface area contributed by atoms with Crippen LogP contribution in [0.2, 0.25) is 0 Å². The predicted molar refractivity (Wildman–Crippen MR) is 77.2 cm³/mol. The summed E-state index contributed by atoms with van der Waals surface area (Å²) in [5.41, 5.74) is 5.93. The molecule has 0 amide bonds. The van der Waals surface area contributed by atoms with Crippen LogP contribution in [0.15, 0.2) is 4.99 Å². The molecule has 0 aliphatic heterocycles. The number of nitrogens with zero attached hydrogens (tertiary/aromatic N) is 3. The Hall–Kier alpha value is -1.17. The van der Waals surface area contributed by atoms with Crippen molar-refractivity contribution >= 4 is 17.3 Å². The van der Waals surface area contributed by atoms with Crippen molar-refractivity contribution in [2.75, 3.05) is 0 Å². The molecule has 0 radical (unpaired) electrons. The summed E-state index contributed by atoms with van der Waals surface area (Å²) in [4.78, 5) is 4.37. The van der Waals surface area contributed by atoms with Crippen LogP contribution in [-0.2, 0) is 6.54 Å². The molecule has 0 aromatic carbocycles. The highest BCUT2D eigenvalue weighted by Crippen LogP contribution is 2.41. The van der Waals surface area contributed by atoms with Gasteiger partial charge in [0.05, 0.1) is 6.54 Å². The smallest absolute Gasteiger partial charge is 0.189 e. The lowest BCUT2D eigenvalue weighted by molar-refractivity contribution is 0.412. The molecule has 1 heterocycles. The van der Waals surface area contributed by atoms with Gasteiger partial charge >= 0.3 is 0 Å². The van der Waals surface area contributed by atoms with Crippen LogP contribution >= 0.6 is 11.3 Å². The molecule has 0 saturated heterocycles. The van der Waals surface area contributed by atoms with Crippen LogP contribution in [-0.4, -0.2) is 22.2 Å². The minimum atomic E-state index is 0.508. The molecule has 3 rings (SSSR count). The number of hydrogen-bond donors (Lipinski definition) is 2. The first-order chi connectivity index (χ1) is 9.31. The Bertz CT molecular complexity index is 446. The summed E-state index contributed by atoms with van der Waals surface area (Å²) in [5, 5.41) is 13.8. The Morgan fingerprint density at radius 3 is 2.74 bits per heavy atom. The second-order valence-electron chi connectivity index (χ2n) is 5.49. The van der Waals surface area contributed by atoms with Crippen LogP contribution in [0.25, 0.3) is 0 Å². The van der Waals surface area contributed by atoms with Crippen LogP contribution in [0.3, 0.4) is 0 Å². The summed E-state index contributed by atoms with van der Waals surface area (Å²) in [7, 11) is 0. The van der Waals surface area contributed by atoms with Crippen molar-refractivity contribution < 1.29 is 0 Å². The lowest BCUT2D eigenvalue weighted by atomic mass is 9.96. The quantitative estimate of drug-likeness (QED) is 0.654. The highest BCUT2D eigenvalue weighted by Gasteiger charge is 2.27. The van der Waals surface area contributed by atoms with Gasteiger partial charge in [0.1, 0.15) is 10.0 Å². The number of rotatable bonds is 4. The van der Waals surface area contributed by atoms with Crippen LogP contribution in [0.1, 0.15) is 60.9 Å². The van der Waals surface area contributed by atoms with E-state index in [9.17, 15) is 0 Å². The normalized spacial score (nSPS) is 21.6. The molecule has 0 atom stereocenters.